The molecule has 1 aliphatic heterocycles. The first kappa shape index (κ1) is 19.6. The largest absolute Gasteiger partial charge is 0.493 e. The summed E-state index contributed by atoms with van der Waals surface area (Å²) in [6.07, 6.45) is 6.38. The SMILES string of the molecule is COc1cnc(-c2ccccc2)c2c1N(C(N)=O)C(OC(=O)C1CCCCC1)S2. The summed E-state index contributed by atoms with van der Waals surface area (Å²) in [4.78, 5) is 31.6. The van der Waals surface area contributed by atoms with Gasteiger partial charge in [0.1, 0.15) is 5.69 Å². The van der Waals surface area contributed by atoms with Gasteiger partial charge in [0.15, 0.2) is 5.75 Å². The van der Waals surface area contributed by atoms with Gasteiger partial charge in [0.05, 0.1) is 29.8 Å². The van der Waals surface area contributed by atoms with E-state index in [2.05, 4.69) is 4.98 Å². The standard InChI is InChI=1S/C21H23N3O4S/c1-27-15-12-23-16(13-8-4-2-5-9-13)18-17(15)24(20(22)26)21(29-18)28-19(25)14-10-6-3-7-11-14/h2,4-5,8-9,12,14,21H,3,6-7,10-11H2,1H3,(H2,22,26). The Morgan fingerprint density at radius 3 is 2.55 bits per heavy atom. The van der Waals surface area contributed by atoms with Crippen LogP contribution in [-0.2, 0) is 9.53 Å². The first-order valence-electron chi connectivity index (χ1n) is 9.68. The number of nitrogens with two attached hydrogens (primary N) is 1. The zero-order chi connectivity index (χ0) is 20.4. The second kappa shape index (κ2) is 8.32. The molecule has 1 unspecified atom stereocenters. The number of nitrogens with zero attached hydrogens (tertiary/aromatic N) is 2. The molecule has 2 aliphatic rings. The fourth-order valence-electron chi connectivity index (χ4n) is 3.84. The lowest BCUT2D eigenvalue weighted by Crippen LogP contribution is -2.43. The normalized spacial score (nSPS) is 18.9. The Hall–Kier alpha value is -2.74. The lowest BCUT2D eigenvalue weighted by Gasteiger charge is -2.26. The van der Waals surface area contributed by atoms with E-state index in [-0.39, 0.29) is 11.9 Å². The second-order valence-electron chi connectivity index (χ2n) is 7.12. The number of anilines is 1. The van der Waals surface area contributed by atoms with E-state index in [9.17, 15) is 9.59 Å². The number of aromatic nitrogens is 1. The molecule has 152 valence electrons. The minimum atomic E-state index is -0.877. The van der Waals surface area contributed by atoms with Gasteiger partial charge in [-0.2, -0.15) is 0 Å². The third-order valence-corrected chi connectivity index (χ3v) is 6.44. The molecular weight excluding hydrogens is 390 g/mol. The summed E-state index contributed by atoms with van der Waals surface area (Å²) in [6.45, 7) is 0. The van der Waals surface area contributed by atoms with Crippen LogP contribution in [0, 0.1) is 5.92 Å². The Morgan fingerprint density at radius 2 is 1.90 bits per heavy atom. The van der Waals surface area contributed by atoms with Crippen molar-refractivity contribution < 1.29 is 19.1 Å². The van der Waals surface area contributed by atoms with Crippen LogP contribution < -0.4 is 15.4 Å². The molecule has 1 fully saturated rings. The van der Waals surface area contributed by atoms with Gasteiger partial charge in [-0.05, 0) is 12.8 Å². The number of ether oxygens (including phenoxy) is 2. The molecule has 7 nitrogen and oxygen atoms in total. The van der Waals surface area contributed by atoms with Crippen LogP contribution in [0.5, 0.6) is 5.75 Å². The maximum Gasteiger partial charge on any atom is 0.323 e. The molecule has 2 heterocycles. The number of primary amides is 1. The van der Waals surface area contributed by atoms with E-state index in [1.165, 1.54) is 23.8 Å². The number of fused-ring (bicyclic) bond motifs is 1. The molecule has 4 rings (SSSR count). The lowest BCUT2D eigenvalue weighted by molar-refractivity contribution is -0.150. The molecule has 0 saturated heterocycles. The number of benzene rings is 1. The van der Waals surface area contributed by atoms with E-state index >= 15 is 0 Å². The predicted octanol–water partition coefficient (Wildman–Crippen LogP) is 4.16. The summed E-state index contributed by atoms with van der Waals surface area (Å²) in [5, 5.41) is 0. The van der Waals surface area contributed by atoms with Crippen LogP contribution in [0.25, 0.3) is 11.3 Å². The number of hydrogen-bond acceptors (Lipinski definition) is 6. The number of methoxy groups -OCH3 is 1. The van der Waals surface area contributed by atoms with Crippen LogP contribution >= 0.6 is 11.8 Å². The molecule has 2 N–H and O–H groups in total. The average Bonchev–Trinajstić information content (AvgIpc) is 3.13. The van der Waals surface area contributed by atoms with Crippen LogP contribution in [-0.4, -0.2) is 29.7 Å². The molecule has 1 aliphatic carbocycles. The Labute approximate surface area is 173 Å². The molecule has 8 heteroatoms. The monoisotopic (exact) mass is 413 g/mol. The van der Waals surface area contributed by atoms with Crippen LogP contribution in [0.2, 0.25) is 0 Å². The van der Waals surface area contributed by atoms with E-state index in [1.54, 1.807) is 6.20 Å². The summed E-state index contributed by atoms with van der Waals surface area (Å²) in [5.41, 5.74) is 6.87. The average molecular weight is 413 g/mol. The highest BCUT2D eigenvalue weighted by atomic mass is 32.2. The van der Waals surface area contributed by atoms with Gasteiger partial charge in [0.25, 0.3) is 0 Å². The molecule has 1 aromatic carbocycles. The molecule has 1 atom stereocenters. The van der Waals surface area contributed by atoms with Gasteiger partial charge in [0, 0.05) is 5.56 Å². The fraction of sp³-hybridized carbons (Fsp3) is 0.381. The summed E-state index contributed by atoms with van der Waals surface area (Å²) in [6, 6.07) is 8.92. The number of thioether (sulfide) groups is 1. The Balaban J connectivity index is 1.70. The van der Waals surface area contributed by atoms with Crippen LogP contribution in [0.1, 0.15) is 32.1 Å². The molecule has 0 spiro atoms. The quantitative estimate of drug-likeness (QED) is 0.757. The summed E-state index contributed by atoms with van der Waals surface area (Å²) < 4.78 is 11.2. The van der Waals surface area contributed by atoms with Gasteiger partial charge in [-0.3, -0.25) is 9.78 Å². The van der Waals surface area contributed by atoms with Gasteiger partial charge in [-0.25, -0.2) is 9.69 Å². The van der Waals surface area contributed by atoms with E-state index in [0.29, 0.717) is 22.0 Å². The van der Waals surface area contributed by atoms with Gasteiger partial charge >= 0.3 is 12.0 Å². The van der Waals surface area contributed by atoms with Crippen molar-refractivity contribution in [1.82, 2.24) is 4.98 Å². The van der Waals surface area contributed by atoms with E-state index < -0.39 is 11.6 Å². The van der Waals surface area contributed by atoms with Crippen molar-refractivity contribution in [2.45, 2.75) is 42.6 Å². The molecule has 0 radical (unpaired) electrons. The Bertz CT molecular complexity index is 916. The van der Waals surface area contributed by atoms with Crippen molar-refractivity contribution in [2.24, 2.45) is 11.7 Å². The maximum absolute atomic E-state index is 12.7. The maximum atomic E-state index is 12.7. The molecular formula is C21H23N3O4S. The van der Waals surface area contributed by atoms with Crippen molar-refractivity contribution >= 4 is 29.4 Å². The van der Waals surface area contributed by atoms with Crippen molar-refractivity contribution in [3.05, 3.63) is 36.5 Å². The highest BCUT2D eigenvalue weighted by molar-refractivity contribution is 8.00. The van der Waals surface area contributed by atoms with Crippen LogP contribution in [0.15, 0.2) is 41.4 Å². The van der Waals surface area contributed by atoms with Gasteiger partial charge in [-0.15, -0.1) is 0 Å². The fourth-order valence-corrected chi connectivity index (χ4v) is 5.09. The first-order chi connectivity index (χ1) is 14.1. The Kier molecular flexibility index (Phi) is 5.62. The number of rotatable bonds is 4. The molecule has 2 amide bonds. The third kappa shape index (κ3) is 3.76. The molecule has 0 bridgehead atoms. The molecule has 29 heavy (non-hydrogen) atoms. The molecule has 1 aromatic heterocycles. The highest BCUT2D eigenvalue weighted by Gasteiger charge is 2.42. The number of amides is 2. The van der Waals surface area contributed by atoms with Gasteiger partial charge < -0.3 is 15.2 Å². The number of hydrogen-bond donors (Lipinski definition) is 1. The smallest absolute Gasteiger partial charge is 0.323 e. The van der Waals surface area contributed by atoms with Gasteiger partial charge in [0.2, 0.25) is 5.56 Å². The zero-order valence-electron chi connectivity index (χ0n) is 16.2. The van der Waals surface area contributed by atoms with Crippen LogP contribution in [0.3, 0.4) is 0 Å². The zero-order valence-corrected chi connectivity index (χ0v) is 17.0. The van der Waals surface area contributed by atoms with Gasteiger partial charge in [-0.1, -0.05) is 61.4 Å². The summed E-state index contributed by atoms with van der Waals surface area (Å²) in [7, 11) is 1.50. The minimum absolute atomic E-state index is 0.128. The number of carbonyl (C=O) groups is 2. The molecule has 1 saturated carbocycles. The van der Waals surface area contributed by atoms with Crippen molar-refractivity contribution in [3.63, 3.8) is 0 Å². The third-order valence-electron chi connectivity index (χ3n) is 5.30. The number of urea groups is 1. The predicted molar refractivity (Wildman–Crippen MR) is 111 cm³/mol. The highest BCUT2D eigenvalue weighted by Crippen LogP contribution is 2.52. The lowest BCUT2D eigenvalue weighted by atomic mass is 9.89. The number of carbonyl (C=O) groups excluding carboxylic acids is 2. The van der Waals surface area contributed by atoms with E-state index in [0.717, 1.165) is 37.7 Å². The van der Waals surface area contributed by atoms with Crippen molar-refractivity contribution in [3.8, 4) is 17.0 Å². The summed E-state index contributed by atoms with van der Waals surface area (Å²) >= 11 is 1.26. The summed E-state index contributed by atoms with van der Waals surface area (Å²) in [5.74, 6) is -0.00644. The van der Waals surface area contributed by atoms with E-state index in [1.807, 2.05) is 30.3 Å². The molecule has 2 aromatic rings. The van der Waals surface area contributed by atoms with Crippen molar-refractivity contribution in [1.29, 1.82) is 0 Å². The minimum Gasteiger partial charge on any atom is -0.493 e. The first-order valence-corrected chi connectivity index (χ1v) is 10.6. The Morgan fingerprint density at radius 1 is 1.17 bits per heavy atom. The van der Waals surface area contributed by atoms with E-state index in [4.69, 9.17) is 15.2 Å². The van der Waals surface area contributed by atoms with Crippen molar-refractivity contribution in [2.75, 3.05) is 12.0 Å². The second-order valence-corrected chi connectivity index (χ2v) is 8.17. The van der Waals surface area contributed by atoms with Crippen LogP contribution in [0.4, 0.5) is 10.5 Å². The topological polar surface area (TPSA) is 94.8 Å². The number of esters is 1. The number of pyridine rings is 1.